The van der Waals surface area contributed by atoms with Crippen molar-refractivity contribution < 1.29 is 9.90 Å². The Hall–Kier alpha value is -1.55. The molecule has 0 aliphatic carbocycles. The van der Waals surface area contributed by atoms with Crippen molar-refractivity contribution in [1.29, 1.82) is 0 Å². The first-order chi connectivity index (χ1) is 7.63. The lowest BCUT2D eigenvalue weighted by Gasteiger charge is -2.09. The van der Waals surface area contributed by atoms with Gasteiger partial charge in [-0.2, -0.15) is 0 Å². The molecule has 0 saturated carbocycles. The van der Waals surface area contributed by atoms with Crippen molar-refractivity contribution in [3.63, 3.8) is 0 Å². The molecule has 0 atom stereocenters. The SMILES string of the molecule is CCCNCC(=O)Nc1ccc(O)cc1C. The van der Waals surface area contributed by atoms with Gasteiger partial charge in [-0.1, -0.05) is 6.92 Å². The van der Waals surface area contributed by atoms with E-state index in [-0.39, 0.29) is 11.7 Å². The Morgan fingerprint density at radius 3 is 2.81 bits per heavy atom. The van der Waals surface area contributed by atoms with Crippen molar-refractivity contribution in [2.24, 2.45) is 0 Å². The lowest BCUT2D eigenvalue weighted by atomic mass is 10.2. The Bertz CT molecular complexity index is 364. The number of aromatic hydroxyl groups is 1. The van der Waals surface area contributed by atoms with Crippen LogP contribution < -0.4 is 10.6 Å². The summed E-state index contributed by atoms with van der Waals surface area (Å²) >= 11 is 0. The Balaban J connectivity index is 2.49. The monoisotopic (exact) mass is 222 g/mol. The highest BCUT2D eigenvalue weighted by Gasteiger charge is 2.04. The summed E-state index contributed by atoms with van der Waals surface area (Å²) in [5.41, 5.74) is 1.59. The van der Waals surface area contributed by atoms with Crippen molar-refractivity contribution >= 4 is 11.6 Å². The van der Waals surface area contributed by atoms with Crippen LogP contribution in [0.4, 0.5) is 5.69 Å². The average molecular weight is 222 g/mol. The van der Waals surface area contributed by atoms with E-state index in [9.17, 15) is 9.90 Å². The van der Waals surface area contributed by atoms with Gasteiger partial charge < -0.3 is 15.7 Å². The lowest BCUT2D eigenvalue weighted by Crippen LogP contribution is -2.28. The molecule has 4 nitrogen and oxygen atoms in total. The van der Waals surface area contributed by atoms with Crippen LogP contribution in [-0.4, -0.2) is 24.1 Å². The van der Waals surface area contributed by atoms with E-state index in [0.29, 0.717) is 6.54 Å². The Morgan fingerprint density at radius 2 is 2.19 bits per heavy atom. The molecule has 0 aromatic heterocycles. The number of nitrogens with one attached hydrogen (secondary N) is 2. The maximum absolute atomic E-state index is 11.5. The molecule has 0 aliphatic heterocycles. The van der Waals surface area contributed by atoms with Crippen LogP contribution in [0.3, 0.4) is 0 Å². The third-order valence-corrected chi connectivity index (χ3v) is 2.20. The molecule has 0 unspecified atom stereocenters. The first-order valence-corrected chi connectivity index (χ1v) is 5.43. The lowest BCUT2D eigenvalue weighted by molar-refractivity contribution is -0.115. The number of hydrogen-bond donors (Lipinski definition) is 3. The Kier molecular flexibility index (Phi) is 4.79. The number of carbonyl (C=O) groups excluding carboxylic acids is 1. The van der Waals surface area contributed by atoms with Gasteiger partial charge in [0.1, 0.15) is 5.75 Å². The molecule has 16 heavy (non-hydrogen) atoms. The normalized spacial score (nSPS) is 10.1. The van der Waals surface area contributed by atoms with E-state index in [1.54, 1.807) is 18.2 Å². The van der Waals surface area contributed by atoms with Crippen molar-refractivity contribution in [2.45, 2.75) is 20.3 Å². The highest BCUT2D eigenvalue weighted by Crippen LogP contribution is 2.19. The van der Waals surface area contributed by atoms with E-state index in [0.717, 1.165) is 24.2 Å². The maximum atomic E-state index is 11.5. The smallest absolute Gasteiger partial charge is 0.238 e. The molecular formula is C12H18N2O2. The van der Waals surface area contributed by atoms with Crippen LogP contribution >= 0.6 is 0 Å². The van der Waals surface area contributed by atoms with Gasteiger partial charge in [-0.05, 0) is 43.7 Å². The molecule has 88 valence electrons. The fourth-order valence-electron chi connectivity index (χ4n) is 1.36. The summed E-state index contributed by atoms with van der Waals surface area (Å²) in [6.45, 7) is 5.04. The number of benzene rings is 1. The van der Waals surface area contributed by atoms with Crippen molar-refractivity contribution in [1.82, 2.24) is 5.32 Å². The van der Waals surface area contributed by atoms with E-state index in [1.807, 2.05) is 6.92 Å². The van der Waals surface area contributed by atoms with Gasteiger partial charge in [0.25, 0.3) is 0 Å². The van der Waals surface area contributed by atoms with Gasteiger partial charge in [0.15, 0.2) is 0 Å². The summed E-state index contributed by atoms with van der Waals surface area (Å²) in [6.07, 6.45) is 1.01. The summed E-state index contributed by atoms with van der Waals surface area (Å²) in [5.74, 6) is 0.141. The molecule has 1 amide bonds. The predicted octanol–water partition coefficient (Wildman–Crippen LogP) is 1.64. The minimum absolute atomic E-state index is 0.0674. The molecule has 0 aliphatic rings. The topological polar surface area (TPSA) is 61.4 Å². The first kappa shape index (κ1) is 12.5. The molecule has 1 aromatic carbocycles. The van der Waals surface area contributed by atoms with Gasteiger partial charge in [0.05, 0.1) is 6.54 Å². The third-order valence-electron chi connectivity index (χ3n) is 2.20. The maximum Gasteiger partial charge on any atom is 0.238 e. The van der Waals surface area contributed by atoms with Crippen LogP contribution in [0.5, 0.6) is 5.75 Å². The standard InChI is InChI=1S/C12H18N2O2/c1-3-6-13-8-12(16)14-11-5-4-10(15)7-9(11)2/h4-5,7,13,15H,3,6,8H2,1-2H3,(H,14,16). The van der Waals surface area contributed by atoms with E-state index < -0.39 is 0 Å². The van der Waals surface area contributed by atoms with Crippen molar-refractivity contribution in [3.05, 3.63) is 23.8 Å². The van der Waals surface area contributed by atoms with E-state index in [4.69, 9.17) is 0 Å². The molecule has 0 bridgehead atoms. The first-order valence-electron chi connectivity index (χ1n) is 5.43. The number of hydrogen-bond acceptors (Lipinski definition) is 3. The van der Waals surface area contributed by atoms with E-state index in [1.165, 1.54) is 0 Å². The van der Waals surface area contributed by atoms with Crippen LogP contribution in [0.25, 0.3) is 0 Å². The molecule has 3 N–H and O–H groups in total. The molecule has 0 saturated heterocycles. The second kappa shape index (κ2) is 6.12. The van der Waals surface area contributed by atoms with Crippen molar-refractivity contribution in [3.8, 4) is 5.75 Å². The van der Waals surface area contributed by atoms with Crippen LogP contribution in [0.1, 0.15) is 18.9 Å². The van der Waals surface area contributed by atoms with Crippen LogP contribution in [0.2, 0.25) is 0 Å². The summed E-state index contributed by atoms with van der Waals surface area (Å²) in [4.78, 5) is 11.5. The molecular weight excluding hydrogens is 204 g/mol. The number of rotatable bonds is 5. The minimum Gasteiger partial charge on any atom is -0.508 e. The van der Waals surface area contributed by atoms with Gasteiger partial charge in [-0.25, -0.2) is 0 Å². The van der Waals surface area contributed by atoms with Gasteiger partial charge in [0, 0.05) is 5.69 Å². The summed E-state index contributed by atoms with van der Waals surface area (Å²) < 4.78 is 0. The zero-order chi connectivity index (χ0) is 12.0. The van der Waals surface area contributed by atoms with Crippen LogP contribution in [0.15, 0.2) is 18.2 Å². The second-order valence-corrected chi connectivity index (χ2v) is 3.72. The quantitative estimate of drug-likeness (QED) is 0.524. The average Bonchev–Trinajstić information content (AvgIpc) is 2.23. The van der Waals surface area contributed by atoms with Gasteiger partial charge in [-0.15, -0.1) is 0 Å². The minimum atomic E-state index is -0.0674. The Labute approximate surface area is 95.7 Å². The molecule has 0 heterocycles. The van der Waals surface area contributed by atoms with Crippen LogP contribution in [-0.2, 0) is 4.79 Å². The molecule has 1 aromatic rings. The number of anilines is 1. The van der Waals surface area contributed by atoms with Crippen molar-refractivity contribution in [2.75, 3.05) is 18.4 Å². The highest BCUT2D eigenvalue weighted by molar-refractivity contribution is 5.93. The number of amides is 1. The molecule has 1 rings (SSSR count). The van der Waals surface area contributed by atoms with Gasteiger partial charge in [0.2, 0.25) is 5.91 Å². The van der Waals surface area contributed by atoms with Crippen LogP contribution in [0, 0.1) is 6.92 Å². The van der Waals surface area contributed by atoms with Gasteiger partial charge in [-0.3, -0.25) is 4.79 Å². The van der Waals surface area contributed by atoms with E-state index in [2.05, 4.69) is 17.6 Å². The highest BCUT2D eigenvalue weighted by atomic mass is 16.3. The summed E-state index contributed by atoms with van der Waals surface area (Å²) in [7, 11) is 0. The summed E-state index contributed by atoms with van der Waals surface area (Å²) in [5, 5.41) is 15.0. The number of aryl methyl sites for hydroxylation is 1. The zero-order valence-corrected chi connectivity index (χ0v) is 9.71. The fraction of sp³-hybridized carbons (Fsp3) is 0.417. The zero-order valence-electron chi connectivity index (χ0n) is 9.71. The molecule has 4 heteroatoms. The third kappa shape index (κ3) is 3.90. The fourth-order valence-corrected chi connectivity index (χ4v) is 1.36. The van der Waals surface area contributed by atoms with E-state index >= 15 is 0 Å². The molecule has 0 spiro atoms. The summed E-state index contributed by atoms with van der Waals surface area (Å²) in [6, 6.07) is 4.87. The van der Waals surface area contributed by atoms with Gasteiger partial charge >= 0.3 is 0 Å². The number of phenols is 1. The molecule has 0 fully saturated rings. The predicted molar refractivity (Wildman–Crippen MR) is 64.6 cm³/mol. The number of carbonyl (C=O) groups is 1. The number of phenolic OH excluding ortho intramolecular Hbond substituents is 1. The largest absolute Gasteiger partial charge is 0.508 e. The second-order valence-electron chi connectivity index (χ2n) is 3.72. The Morgan fingerprint density at radius 1 is 1.44 bits per heavy atom. The molecule has 0 radical (unpaired) electrons.